The summed E-state index contributed by atoms with van der Waals surface area (Å²) in [5.41, 5.74) is 3.00. The quantitative estimate of drug-likeness (QED) is 0.731. The normalized spacial score (nSPS) is 10.5. The molecule has 0 unspecified atom stereocenters. The zero-order valence-corrected chi connectivity index (χ0v) is 12.8. The first kappa shape index (κ1) is 14.2. The predicted molar refractivity (Wildman–Crippen MR) is 86.8 cm³/mol. The highest BCUT2D eigenvalue weighted by molar-refractivity contribution is 5.86. The minimum atomic E-state index is 0.680. The molecule has 3 aromatic rings. The Morgan fingerprint density at radius 2 is 1.41 bits per heavy atom. The molecule has 0 atom stereocenters. The number of benzene rings is 2. The Bertz CT molecular complexity index is 797. The van der Waals surface area contributed by atoms with Crippen molar-refractivity contribution >= 4 is 10.9 Å². The molecule has 0 aliphatic carbocycles. The van der Waals surface area contributed by atoms with E-state index in [-0.39, 0.29) is 0 Å². The highest BCUT2D eigenvalue weighted by Gasteiger charge is 2.08. The Labute approximate surface area is 129 Å². The summed E-state index contributed by atoms with van der Waals surface area (Å²) in [7, 11) is 4.91. The fraction of sp³-hybridized carbons (Fsp3) is 0.167. The molecule has 22 heavy (non-hydrogen) atoms. The molecule has 2 aromatic carbocycles. The molecule has 4 nitrogen and oxygen atoms in total. The highest BCUT2D eigenvalue weighted by atomic mass is 16.5. The van der Waals surface area contributed by atoms with Crippen molar-refractivity contribution in [1.82, 2.24) is 4.98 Å². The Morgan fingerprint density at radius 3 is 2.05 bits per heavy atom. The van der Waals surface area contributed by atoms with Crippen LogP contribution in [0.1, 0.15) is 0 Å². The molecule has 0 spiro atoms. The number of pyridine rings is 1. The van der Waals surface area contributed by atoms with Gasteiger partial charge in [0, 0.05) is 23.2 Å². The lowest BCUT2D eigenvalue weighted by Crippen LogP contribution is -1.92. The van der Waals surface area contributed by atoms with Crippen LogP contribution < -0.4 is 14.2 Å². The molecule has 112 valence electrons. The van der Waals surface area contributed by atoms with E-state index < -0.39 is 0 Å². The number of rotatable bonds is 4. The van der Waals surface area contributed by atoms with Gasteiger partial charge in [-0.15, -0.1) is 0 Å². The molecule has 0 saturated carbocycles. The maximum Gasteiger partial charge on any atom is 0.162 e. The van der Waals surface area contributed by atoms with Gasteiger partial charge in [-0.1, -0.05) is 12.1 Å². The van der Waals surface area contributed by atoms with E-state index in [4.69, 9.17) is 14.2 Å². The smallest absolute Gasteiger partial charge is 0.162 e. The number of methoxy groups -OCH3 is 3. The Morgan fingerprint density at radius 1 is 0.727 bits per heavy atom. The van der Waals surface area contributed by atoms with Gasteiger partial charge in [-0.25, -0.2) is 0 Å². The molecule has 0 radical (unpaired) electrons. The van der Waals surface area contributed by atoms with Gasteiger partial charge in [0.25, 0.3) is 0 Å². The number of nitrogens with zero attached hydrogens (tertiary/aromatic N) is 1. The van der Waals surface area contributed by atoms with Crippen LogP contribution in [0.15, 0.2) is 48.7 Å². The van der Waals surface area contributed by atoms with Crippen molar-refractivity contribution < 1.29 is 14.2 Å². The first-order valence-electron chi connectivity index (χ1n) is 6.91. The van der Waals surface area contributed by atoms with E-state index in [2.05, 4.69) is 11.1 Å². The van der Waals surface area contributed by atoms with Crippen molar-refractivity contribution in [2.45, 2.75) is 0 Å². The molecular weight excluding hydrogens is 278 g/mol. The fourth-order valence-electron chi connectivity index (χ4n) is 2.40. The third-order valence-corrected chi connectivity index (χ3v) is 3.61. The van der Waals surface area contributed by atoms with Crippen molar-refractivity contribution in [1.29, 1.82) is 0 Å². The van der Waals surface area contributed by atoms with Crippen LogP contribution in [0.3, 0.4) is 0 Å². The second-order valence-electron chi connectivity index (χ2n) is 4.85. The minimum absolute atomic E-state index is 0.680. The van der Waals surface area contributed by atoms with Crippen LogP contribution in [0.5, 0.6) is 17.2 Å². The van der Waals surface area contributed by atoms with Crippen molar-refractivity contribution in [3.05, 3.63) is 48.7 Å². The second-order valence-corrected chi connectivity index (χ2v) is 4.85. The maximum atomic E-state index is 5.35. The third-order valence-electron chi connectivity index (χ3n) is 3.61. The molecular formula is C18H17NO3. The molecule has 0 aliphatic heterocycles. The Balaban J connectivity index is 2.08. The van der Waals surface area contributed by atoms with Crippen LogP contribution in [0.25, 0.3) is 22.0 Å². The molecule has 4 heteroatoms. The van der Waals surface area contributed by atoms with Gasteiger partial charge in [0.05, 0.1) is 26.8 Å². The number of fused-ring (bicyclic) bond motifs is 1. The van der Waals surface area contributed by atoms with Gasteiger partial charge < -0.3 is 14.2 Å². The standard InChI is InChI=1S/C18H17NO3/c1-20-15-6-4-12(5-7-15)14-8-13-9-17(21-2)18(22-3)10-16(13)19-11-14/h4-11H,1-3H3. The van der Waals surface area contributed by atoms with E-state index in [1.165, 1.54) is 0 Å². The third kappa shape index (κ3) is 2.55. The van der Waals surface area contributed by atoms with E-state index >= 15 is 0 Å². The largest absolute Gasteiger partial charge is 0.497 e. The van der Waals surface area contributed by atoms with Crippen LogP contribution >= 0.6 is 0 Å². The summed E-state index contributed by atoms with van der Waals surface area (Å²) in [6, 6.07) is 13.8. The lowest BCUT2D eigenvalue weighted by atomic mass is 10.0. The Kier molecular flexibility index (Phi) is 3.83. The van der Waals surface area contributed by atoms with Gasteiger partial charge in [0.2, 0.25) is 0 Å². The summed E-state index contributed by atoms with van der Waals surface area (Å²) in [5.74, 6) is 2.22. The Hall–Kier alpha value is -2.75. The summed E-state index contributed by atoms with van der Waals surface area (Å²) in [5, 5.41) is 1.01. The molecule has 3 rings (SSSR count). The first-order valence-corrected chi connectivity index (χ1v) is 6.91. The average molecular weight is 295 g/mol. The molecule has 0 fully saturated rings. The molecule has 0 aliphatic rings. The maximum absolute atomic E-state index is 5.35. The highest BCUT2D eigenvalue weighted by Crippen LogP contribution is 2.33. The monoisotopic (exact) mass is 295 g/mol. The van der Waals surface area contributed by atoms with E-state index in [0.29, 0.717) is 11.5 Å². The number of hydrogen-bond donors (Lipinski definition) is 0. The first-order chi connectivity index (χ1) is 10.7. The van der Waals surface area contributed by atoms with Gasteiger partial charge >= 0.3 is 0 Å². The molecule has 0 bridgehead atoms. The number of hydrogen-bond acceptors (Lipinski definition) is 4. The van der Waals surface area contributed by atoms with Crippen LogP contribution in [0.4, 0.5) is 0 Å². The van der Waals surface area contributed by atoms with Gasteiger partial charge in [0.15, 0.2) is 11.5 Å². The van der Waals surface area contributed by atoms with Gasteiger partial charge in [0.1, 0.15) is 5.75 Å². The molecule has 1 heterocycles. The summed E-state index contributed by atoms with van der Waals surface area (Å²) >= 11 is 0. The van der Waals surface area contributed by atoms with Crippen molar-refractivity contribution in [3.63, 3.8) is 0 Å². The van der Waals surface area contributed by atoms with Gasteiger partial charge in [-0.2, -0.15) is 0 Å². The number of ether oxygens (including phenoxy) is 3. The summed E-state index contributed by atoms with van der Waals surface area (Å²) in [4.78, 5) is 4.52. The number of aromatic nitrogens is 1. The molecule has 0 amide bonds. The van der Waals surface area contributed by atoms with E-state index in [1.807, 2.05) is 42.6 Å². The van der Waals surface area contributed by atoms with Crippen molar-refractivity contribution in [2.75, 3.05) is 21.3 Å². The molecule has 1 aromatic heterocycles. The van der Waals surface area contributed by atoms with E-state index in [0.717, 1.165) is 27.8 Å². The lowest BCUT2D eigenvalue weighted by Gasteiger charge is -2.10. The van der Waals surface area contributed by atoms with Crippen LogP contribution in [0, 0.1) is 0 Å². The minimum Gasteiger partial charge on any atom is -0.497 e. The van der Waals surface area contributed by atoms with Crippen LogP contribution in [0.2, 0.25) is 0 Å². The summed E-state index contributed by atoms with van der Waals surface area (Å²) in [6.45, 7) is 0. The lowest BCUT2D eigenvalue weighted by molar-refractivity contribution is 0.356. The topological polar surface area (TPSA) is 40.6 Å². The van der Waals surface area contributed by atoms with Gasteiger partial charge in [-0.3, -0.25) is 4.98 Å². The van der Waals surface area contributed by atoms with E-state index in [9.17, 15) is 0 Å². The molecule has 0 saturated heterocycles. The summed E-state index contributed by atoms with van der Waals surface area (Å²) in [6.07, 6.45) is 1.86. The zero-order chi connectivity index (χ0) is 15.5. The van der Waals surface area contributed by atoms with Crippen LogP contribution in [-0.2, 0) is 0 Å². The van der Waals surface area contributed by atoms with Crippen LogP contribution in [-0.4, -0.2) is 26.3 Å². The average Bonchev–Trinajstić information content (AvgIpc) is 2.60. The predicted octanol–water partition coefficient (Wildman–Crippen LogP) is 3.93. The van der Waals surface area contributed by atoms with Gasteiger partial charge in [-0.05, 0) is 29.8 Å². The van der Waals surface area contributed by atoms with Crippen molar-refractivity contribution in [2.24, 2.45) is 0 Å². The second kappa shape index (κ2) is 5.93. The zero-order valence-electron chi connectivity index (χ0n) is 12.8. The fourth-order valence-corrected chi connectivity index (χ4v) is 2.40. The molecule has 0 N–H and O–H groups in total. The SMILES string of the molecule is COc1ccc(-c2cnc3cc(OC)c(OC)cc3c2)cc1. The summed E-state index contributed by atoms with van der Waals surface area (Å²) < 4.78 is 15.8. The van der Waals surface area contributed by atoms with E-state index in [1.54, 1.807) is 21.3 Å². The van der Waals surface area contributed by atoms with Crippen molar-refractivity contribution in [3.8, 4) is 28.4 Å².